The molecule has 120 valence electrons. The molecule has 0 aliphatic carbocycles. The minimum Gasteiger partial charge on any atom is -0.343 e. The number of methoxy groups -OCH3 is 2. The molecule has 3 rings (SSSR count). The third-order valence-corrected chi connectivity index (χ3v) is 4.85. The van der Waals surface area contributed by atoms with E-state index in [0.717, 1.165) is 16.3 Å². The molecular formula is C17H19N3O2S. The van der Waals surface area contributed by atoms with Gasteiger partial charge in [0, 0.05) is 26.8 Å². The average molecular weight is 329 g/mol. The lowest BCUT2D eigenvalue weighted by molar-refractivity contribution is -0.188. The first kappa shape index (κ1) is 15.9. The van der Waals surface area contributed by atoms with Gasteiger partial charge in [-0.25, -0.2) is 0 Å². The summed E-state index contributed by atoms with van der Waals surface area (Å²) in [5, 5.41) is 10.7. The van der Waals surface area contributed by atoms with Crippen LogP contribution in [0.25, 0.3) is 11.4 Å². The van der Waals surface area contributed by atoms with Gasteiger partial charge in [0.2, 0.25) is 0 Å². The molecule has 0 atom stereocenters. The van der Waals surface area contributed by atoms with Crippen molar-refractivity contribution in [3.8, 4) is 11.4 Å². The summed E-state index contributed by atoms with van der Waals surface area (Å²) in [5.41, 5.74) is 2.21. The number of hydrogen-bond donors (Lipinski definition) is 0. The van der Waals surface area contributed by atoms with E-state index in [9.17, 15) is 0 Å². The fraction of sp³-hybridized carbons (Fsp3) is 0.294. The van der Waals surface area contributed by atoms with E-state index in [4.69, 9.17) is 9.47 Å². The molecule has 1 aromatic carbocycles. The summed E-state index contributed by atoms with van der Waals surface area (Å²) in [5.74, 6) is 0.328. The van der Waals surface area contributed by atoms with E-state index in [2.05, 4.69) is 29.3 Å². The first-order valence-electron chi connectivity index (χ1n) is 7.23. The molecule has 0 saturated heterocycles. The van der Waals surface area contributed by atoms with Crippen molar-refractivity contribution < 1.29 is 9.47 Å². The van der Waals surface area contributed by atoms with Gasteiger partial charge in [0.05, 0.1) is 4.88 Å². The minimum atomic E-state index is -1.06. The van der Waals surface area contributed by atoms with E-state index < -0.39 is 5.79 Å². The molecule has 0 fully saturated rings. The molecule has 0 N–H and O–H groups in total. The predicted octanol–water partition coefficient (Wildman–Crippen LogP) is 3.35. The summed E-state index contributed by atoms with van der Waals surface area (Å²) in [4.78, 5) is 0.924. The highest BCUT2D eigenvalue weighted by atomic mass is 32.1. The van der Waals surface area contributed by atoms with Gasteiger partial charge in [-0.05, 0) is 18.4 Å². The topological polar surface area (TPSA) is 49.2 Å². The molecule has 0 aliphatic rings. The molecule has 0 aliphatic heterocycles. The molecule has 6 heteroatoms. The van der Waals surface area contributed by atoms with Crippen LogP contribution in [0.3, 0.4) is 0 Å². The molecule has 2 aromatic heterocycles. The van der Waals surface area contributed by atoms with Crippen LogP contribution >= 0.6 is 11.3 Å². The van der Waals surface area contributed by atoms with Crippen LogP contribution in [0.1, 0.15) is 16.3 Å². The summed E-state index contributed by atoms with van der Waals surface area (Å²) in [6.45, 7) is 2.06. The van der Waals surface area contributed by atoms with Gasteiger partial charge in [0.1, 0.15) is 0 Å². The summed E-state index contributed by atoms with van der Waals surface area (Å²) in [7, 11) is 5.15. The zero-order chi connectivity index (χ0) is 16.4. The van der Waals surface area contributed by atoms with Crippen LogP contribution in [0.2, 0.25) is 0 Å². The molecule has 0 radical (unpaired) electrons. The van der Waals surface area contributed by atoms with E-state index in [-0.39, 0.29) is 0 Å². The number of ether oxygens (including phenoxy) is 2. The number of benzene rings is 1. The molecular weight excluding hydrogens is 310 g/mol. The van der Waals surface area contributed by atoms with E-state index in [1.165, 1.54) is 5.56 Å². The predicted molar refractivity (Wildman–Crippen MR) is 90.3 cm³/mol. The van der Waals surface area contributed by atoms with Crippen molar-refractivity contribution in [1.29, 1.82) is 0 Å². The summed E-state index contributed by atoms with van der Waals surface area (Å²) >= 11 is 1.56. The second-order valence-electron chi connectivity index (χ2n) is 5.27. The third kappa shape index (κ3) is 2.59. The van der Waals surface area contributed by atoms with Gasteiger partial charge in [0.25, 0.3) is 5.79 Å². The Bertz CT molecular complexity index is 775. The average Bonchev–Trinajstić information content (AvgIpc) is 3.22. The molecule has 0 saturated carbocycles. The van der Waals surface area contributed by atoms with Gasteiger partial charge in [-0.2, -0.15) is 0 Å². The molecule has 23 heavy (non-hydrogen) atoms. The molecule has 0 spiro atoms. The van der Waals surface area contributed by atoms with E-state index >= 15 is 0 Å². The lowest BCUT2D eigenvalue weighted by atomic mass is 10.1. The standard InChI is InChI=1S/C17H19N3O2S/c1-12-7-9-13(10-8-12)15-18-19-16(20(15)2)17(21-3,22-4)14-6-5-11-23-14/h5-11H,1-4H3. The Kier molecular flexibility index (Phi) is 4.30. The van der Waals surface area contributed by atoms with Crippen LogP contribution in [0, 0.1) is 6.92 Å². The highest BCUT2D eigenvalue weighted by molar-refractivity contribution is 7.10. The Morgan fingerprint density at radius 1 is 1.04 bits per heavy atom. The summed E-state index contributed by atoms with van der Waals surface area (Å²) in [6.07, 6.45) is 0. The van der Waals surface area contributed by atoms with Crippen LogP contribution in [-0.2, 0) is 22.3 Å². The maximum absolute atomic E-state index is 5.73. The van der Waals surface area contributed by atoms with Gasteiger partial charge in [-0.1, -0.05) is 35.9 Å². The lowest BCUT2D eigenvalue weighted by Gasteiger charge is -2.28. The monoisotopic (exact) mass is 329 g/mol. The molecule has 0 bridgehead atoms. The molecule has 2 heterocycles. The largest absolute Gasteiger partial charge is 0.343 e. The number of aromatic nitrogens is 3. The quantitative estimate of drug-likeness (QED) is 0.674. The lowest BCUT2D eigenvalue weighted by Crippen LogP contribution is -2.34. The second kappa shape index (κ2) is 6.23. The van der Waals surface area contributed by atoms with Gasteiger partial charge in [-0.3, -0.25) is 0 Å². The van der Waals surface area contributed by atoms with Gasteiger partial charge in [-0.15, -0.1) is 21.5 Å². The highest BCUT2D eigenvalue weighted by Crippen LogP contribution is 2.36. The maximum Gasteiger partial charge on any atom is 0.267 e. The SMILES string of the molecule is COC(OC)(c1cccs1)c1nnc(-c2ccc(C)cc2)n1C. The van der Waals surface area contributed by atoms with Gasteiger partial charge in [0.15, 0.2) is 11.6 Å². The van der Waals surface area contributed by atoms with Crippen LogP contribution in [0.4, 0.5) is 0 Å². The second-order valence-corrected chi connectivity index (χ2v) is 6.22. The highest BCUT2D eigenvalue weighted by Gasteiger charge is 2.41. The van der Waals surface area contributed by atoms with Crippen LogP contribution in [0.15, 0.2) is 41.8 Å². The van der Waals surface area contributed by atoms with Crippen molar-refractivity contribution in [2.75, 3.05) is 14.2 Å². The Morgan fingerprint density at radius 3 is 2.30 bits per heavy atom. The number of hydrogen-bond acceptors (Lipinski definition) is 5. The van der Waals surface area contributed by atoms with Crippen molar-refractivity contribution >= 4 is 11.3 Å². The normalized spacial score (nSPS) is 11.8. The maximum atomic E-state index is 5.73. The Balaban J connectivity index is 2.11. The van der Waals surface area contributed by atoms with Crippen LogP contribution in [0.5, 0.6) is 0 Å². The van der Waals surface area contributed by atoms with Gasteiger partial charge >= 0.3 is 0 Å². The third-order valence-electron chi connectivity index (χ3n) is 3.90. The molecule has 0 amide bonds. The zero-order valence-corrected chi connectivity index (χ0v) is 14.4. The van der Waals surface area contributed by atoms with E-state index in [0.29, 0.717) is 5.82 Å². The van der Waals surface area contributed by atoms with E-state index in [1.54, 1.807) is 25.6 Å². The first-order valence-corrected chi connectivity index (χ1v) is 8.11. The fourth-order valence-electron chi connectivity index (χ4n) is 2.61. The smallest absolute Gasteiger partial charge is 0.267 e. The van der Waals surface area contributed by atoms with Crippen LogP contribution < -0.4 is 0 Å². The summed E-state index contributed by atoms with van der Waals surface area (Å²) in [6, 6.07) is 12.1. The van der Waals surface area contributed by atoms with Gasteiger partial charge < -0.3 is 14.0 Å². The Hall–Kier alpha value is -2.02. The fourth-order valence-corrected chi connectivity index (χ4v) is 3.49. The van der Waals surface area contributed by atoms with Crippen LogP contribution in [-0.4, -0.2) is 29.0 Å². The first-order chi connectivity index (χ1) is 11.1. The van der Waals surface area contributed by atoms with Crippen molar-refractivity contribution in [2.24, 2.45) is 7.05 Å². The van der Waals surface area contributed by atoms with Crippen molar-refractivity contribution in [3.05, 3.63) is 58.0 Å². The molecule has 5 nitrogen and oxygen atoms in total. The summed E-state index contributed by atoms with van der Waals surface area (Å²) < 4.78 is 13.4. The van der Waals surface area contributed by atoms with Crippen molar-refractivity contribution in [2.45, 2.75) is 12.7 Å². The number of nitrogens with zero attached hydrogens (tertiary/aromatic N) is 3. The van der Waals surface area contributed by atoms with E-state index in [1.807, 2.05) is 41.3 Å². The van der Waals surface area contributed by atoms with Crippen molar-refractivity contribution in [1.82, 2.24) is 14.8 Å². The molecule has 0 unspecified atom stereocenters. The zero-order valence-electron chi connectivity index (χ0n) is 13.6. The number of thiophene rings is 1. The van der Waals surface area contributed by atoms with Crippen molar-refractivity contribution in [3.63, 3.8) is 0 Å². The molecule has 3 aromatic rings. The number of rotatable bonds is 5. The Labute approximate surface area is 139 Å². The Morgan fingerprint density at radius 2 is 1.74 bits per heavy atom. The number of aryl methyl sites for hydroxylation is 1. The minimum absolute atomic E-state index is 0.612.